The predicted molar refractivity (Wildman–Crippen MR) is 183 cm³/mol. The summed E-state index contributed by atoms with van der Waals surface area (Å²) in [5.74, 6) is 0.996. The minimum absolute atomic E-state index is 0.901. The number of fused-ring (bicyclic) bond motifs is 3. The topological polar surface area (TPSA) is 9.23 Å². The second-order valence-corrected chi connectivity index (χ2v) is 11.3. The molecule has 0 unspecified atom stereocenters. The average Bonchev–Trinajstić information content (AvgIpc) is 3.06. The van der Waals surface area contributed by atoms with E-state index in [0.29, 0.717) is 0 Å². The van der Waals surface area contributed by atoms with E-state index in [1.807, 2.05) is 6.26 Å². The van der Waals surface area contributed by atoms with Crippen LogP contribution in [-0.2, 0) is 4.74 Å². The van der Waals surface area contributed by atoms with Crippen molar-refractivity contribution >= 4 is 37.9 Å². The van der Waals surface area contributed by atoms with Gasteiger partial charge in [0.05, 0.1) is 6.26 Å². The van der Waals surface area contributed by atoms with E-state index in [1.165, 1.54) is 60.1 Å². The molecule has 8 rings (SSSR count). The Kier molecular flexibility index (Phi) is 6.16. The van der Waals surface area contributed by atoms with Crippen molar-refractivity contribution in [2.45, 2.75) is 12.8 Å². The average molecular weight is 551 g/mol. The van der Waals surface area contributed by atoms with E-state index in [2.05, 4.69) is 146 Å². The zero-order valence-corrected chi connectivity index (χ0v) is 23.9. The van der Waals surface area contributed by atoms with E-state index in [1.54, 1.807) is 0 Å². The lowest BCUT2D eigenvalue weighted by atomic mass is 9.84. The van der Waals surface area contributed by atoms with Gasteiger partial charge in [-0.15, -0.1) is 0 Å². The molecule has 0 N–H and O–H groups in total. The second kappa shape index (κ2) is 10.5. The molecule has 6 aromatic rings. The second-order valence-electron chi connectivity index (χ2n) is 11.3. The van der Waals surface area contributed by atoms with Gasteiger partial charge in [-0.05, 0) is 89.9 Å². The molecule has 0 atom stereocenters. The molecule has 1 aliphatic carbocycles. The monoisotopic (exact) mass is 550 g/mol. The maximum absolute atomic E-state index is 6.15. The van der Waals surface area contributed by atoms with E-state index >= 15 is 0 Å². The number of allylic oxidation sites excluding steroid dienone is 8. The van der Waals surface area contributed by atoms with Gasteiger partial charge in [0, 0.05) is 12.0 Å². The Balaban J connectivity index is 1.32. The smallest absolute Gasteiger partial charge is 0.111 e. The molecular weight excluding hydrogens is 520 g/mol. The molecule has 0 radical (unpaired) electrons. The van der Waals surface area contributed by atoms with E-state index in [0.717, 1.165) is 35.3 Å². The molecular formula is C42H30O. The minimum Gasteiger partial charge on any atom is -0.469 e. The Morgan fingerprint density at radius 2 is 1.16 bits per heavy atom. The number of hydrogen-bond acceptors (Lipinski definition) is 1. The Hall–Kier alpha value is -5.40. The van der Waals surface area contributed by atoms with E-state index in [9.17, 15) is 0 Å². The van der Waals surface area contributed by atoms with Crippen molar-refractivity contribution < 1.29 is 4.74 Å². The fourth-order valence-corrected chi connectivity index (χ4v) is 6.75. The van der Waals surface area contributed by atoms with Crippen molar-refractivity contribution in [2.24, 2.45) is 0 Å². The van der Waals surface area contributed by atoms with Crippen LogP contribution in [0.1, 0.15) is 18.4 Å². The summed E-state index contributed by atoms with van der Waals surface area (Å²) in [6.45, 7) is 4.45. The fraction of sp³-hybridized carbons (Fsp3) is 0.0476. The van der Waals surface area contributed by atoms with Crippen LogP contribution in [0.15, 0.2) is 169 Å². The summed E-state index contributed by atoms with van der Waals surface area (Å²) in [6.07, 6.45) is 12.4. The first kappa shape index (κ1) is 25.3. The van der Waals surface area contributed by atoms with Gasteiger partial charge in [-0.25, -0.2) is 0 Å². The maximum Gasteiger partial charge on any atom is 0.111 e. The molecule has 1 heteroatoms. The highest BCUT2D eigenvalue weighted by molar-refractivity contribution is 6.19. The molecule has 0 bridgehead atoms. The van der Waals surface area contributed by atoms with Gasteiger partial charge in [0.15, 0.2) is 0 Å². The first-order valence-corrected chi connectivity index (χ1v) is 14.9. The molecule has 204 valence electrons. The number of hydrogen-bond donors (Lipinski definition) is 0. The third-order valence-electron chi connectivity index (χ3n) is 8.75. The number of benzene rings is 6. The van der Waals surface area contributed by atoms with E-state index in [-0.39, 0.29) is 0 Å². The van der Waals surface area contributed by atoms with Crippen LogP contribution in [0, 0.1) is 0 Å². The van der Waals surface area contributed by atoms with E-state index in [4.69, 9.17) is 4.74 Å². The predicted octanol–water partition coefficient (Wildman–Crippen LogP) is 11.6. The lowest BCUT2D eigenvalue weighted by Crippen LogP contribution is -2.01. The third kappa shape index (κ3) is 4.33. The standard InChI is InChI=1S/C42H30O/c1-28-27-32(25-26-43-40-20-9-8-13-33(28)40)42-38-17-6-4-15-36(38)41(37-16-5-7-18-39(37)42)31-23-21-30(22-24-31)35-19-10-12-29-11-2-3-14-34(29)35/h2-8,10-19,21-27H,1,9,20H2/b26-25-,32-27+. The van der Waals surface area contributed by atoms with Crippen LogP contribution in [0.2, 0.25) is 0 Å². The summed E-state index contributed by atoms with van der Waals surface area (Å²) in [5.41, 5.74) is 9.31. The van der Waals surface area contributed by atoms with E-state index < -0.39 is 0 Å². The molecule has 1 nitrogen and oxygen atoms in total. The summed E-state index contributed by atoms with van der Waals surface area (Å²) >= 11 is 0. The highest BCUT2D eigenvalue weighted by atomic mass is 16.5. The third-order valence-corrected chi connectivity index (χ3v) is 8.75. The quantitative estimate of drug-likeness (QED) is 0.199. The maximum atomic E-state index is 6.15. The van der Waals surface area contributed by atoms with Crippen LogP contribution in [0.5, 0.6) is 0 Å². The molecule has 0 fully saturated rings. The lowest BCUT2D eigenvalue weighted by Gasteiger charge is -2.21. The summed E-state index contributed by atoms with van der Waals surface area (Å²) in [7, 11) is 0. The summed E-state index contributed by atoms with van der Waals surface area (Å²) in [4.78, 5) is 0. The van der Waals surface area contributed by atoms with Gasteiger partial charge in [-0.3, -0.25) is 0 Å². The van der Waals surface area contributed by atoms with Crippen molar-refractivity contribution in [1.29, 1.82) is 0 Å². The Morgan fingerprint density at radius 1 is 0.558 bits per heavy atom. The Bertz CT molecular complexity index is 2140. The molecule has 6 aromatic carbocycles. The molecule has 0 spiro atoms. The summed E-state index contributed by atoms with van der Waals surface area (Å²) < 4.78 is 6.15. The van der Waals surface area contributed by atoms with Crippen molar-refractivity contribution in [2.75, 3.05) is 0 Å². The van der Waals surface area contributed by atoms with Crippen LogP contribution in [0.25, 0.3) is 60.1 Å². The zero-order valence-electron chi connectivity index (χ0n) is 23.9. The molecule has 43 heavy (non-hydrogen) atoms. The largest absolute Gasteiger partial charge is 0.469 e. The van der Waals surface area contributed by atoms with Gasteiger partial charge in [-0.1, -0.05) is 134 Å². The Labute approximate surface area is 252 Å². The molecule has 0 amide bonds. The summed E-state index contributed by atoms with van der Waals surface area (Å²) in [6, 6.07) is 41.8. The van der Waals surface area contributed by atoms with Crippen LogP contribution in [0.4, 0.5) is 0 Å². The fourth-order valence-electron chi connectivity index (χ4n) is 6.75. The molecule has 1 aliphatic heterocycles. The minimum atomic E-state index is 0.901. The van der Waals surface area contributed by atoms with Crippen LogP contribution in [-0.4, -0.2) is 0 Å². The van der Waals surface area contributed by atoms with Crippen molar-refractivity contribution in [3.8, 4) is 22.3 Å². The van der Waals surface area contributed by atoms with Crippen molar-refractivity contribution in [3.63, 3.8) is 0 Å². The summed E-state index contributed by atoms with van der Waals surface area (Å²) in [5, 5.41) is 7.42. The van der Waals surface area contributed by atoms with Gasteiger partial charge in [0.25, 0.3) is 0 Å². The van der Waals surface area contributed by atoms with Gasteiger partial charge in [0.2, 0.25) is 0 Å². The molecule has 2 aliphatic rings. The molecule has 0 saturated carbocycles. The highest BCUT2D eigenvalue weighted by Gasteiger charge is 2.19. The number of ether oxygens (including phenoxy) is 1. The van der Waals surface area contributed by atoms with Crippen molar-refractivity contribution in [1.82, 2.24) is 0 Å². The Morgan fingerprint density at radius 3 is 1.88 bits per heavy atom. The first-order chi connectivity index (χ1) is 21.3. The number of rotatable bonds is 3. The molecule has 1 heterocycles. The lowest BCUT2D eigenvalue weighted by molar-refractivity contribution is 0.329. The molecule has 0 saturated heterocycles. The SMILES string of the molecule is C=C1/C=C(c2c3ccccc3c(-c3ccc(-c4cccc5ccccc45)cc3)c3ccccc23)\C=C/OC2=C1C=CCC2. The van der Waals surface area contributed by atoms with Gasteiger partial charge in [-0.2, -0.15) is 0 Å². The highest BCUT2D eigenvalue weighted by Crippen LogP contribution is 2.43. The normalized spacial score (nSPS) is 16.8. The van der Waals surface area contributed by atoms with Gasteiger partial charge in [0.1, 0.15) is 5.76 Å². The van der Waals surface area contributed by atoms with Gasteiger partial charge < -0.3 is 4.74 Å². The van der Waals surface area contributed by atoms with Gasteiger partial charge >= 0.3 is 0 Å². The van der Waals surface area contributed by atoms with Crippen LogP contribution in [0.3, 0.4) is 0 Å². The van der Waals surface area contributed by atoms with Crippen LogP contribution >= 0.6 is 0 Å². The first-order valence-electron chi connectivity index (χ1n) is 14.9. The molecule has 0 aromatic heterocycles. The van der Waals surface area contributed by atoms with Crippen molar-refractivity contribution in [3.05, 3.63) is 175 Å². The van der Waals surface area contributed by atoms with Crippen LogP contribution < -0.4 is 0 Å². The zero-order chi connectivity index (χ0) is 28.8.